The Labute approximate surface area is 209 Å². The van der Waals surface area contributed by atoms with Crippen LogP contribution < -0.4 is 10.1 Å². The highest BCUT2D eigenvalue weighted by atomic mass is 16.5. The Bertz CT molecular complexity index is 1310. The first-order chi connectivity index (χ1) is 17.4. The van der Waals surface area contributed by atoms with Crippen LogP contribution >= 0.6 is 0 Å². The van der Waals surface area contributed by atoms with Gasteiger partial charge in [0.2, 0.25) is 5.82 Å². The van der Waals surface area contributed by atoms with E-state index in [9.17, 15) is 15.2 Å². The molecule has 2 atom stereocenters. The van der Waals surface area contributed by atoms with Crippen LogP contribution in [0.4, 0.5) is 4.79 Å². The van der Waals surface area contributed by atoms with Gasteiger partial charge in [0.05, 0.1) is 23.8 Å². The van der Waals surface area contributed by atoms with Crippen molar-refractivity contribution in [3.8, 4) is 34.7 Å². The number of hydrogen-bond donors (Lipinski definition) is 2. The van der Waals surface area contributed by atoms with Gasteiger partial charge in [0, 0.05) is 24.2 Å². The molecule has 1 aliphatic carbocycles. The molecular weight excluding hydrogens is 458 g/mol. The van der Waals surface area contributed by atoms with Crippen molar-refractivity contribution in [3.63, 3.8) is 0 Å². The van der Waals surface area contributed by atoms with Crippen LogP contribution in [0.1, 0.15) is 55.8 Å². The van der Waals surface area contributed by atoms with Crippen LogP contribution in [0.5, 0.6) is 5.75 Å². The molecule has 0 spiro atoms. The largest absolute Gasteiger partial charge is 0.490 e. The van der Waals surface area contributed by atoms with E-state index in [0.29, 0.717) is 41.7 Å². The van der Waals surface area contributed by atoms with E-state index in [1.165, 1.54) is 0 Å². The van der Waals surface area contributed by atoms with Crippen LogP contribution in [0.25, 0.3) is 22.8 Å². The highest BCUT2D eigenvalue weighted by Crippen LogP contribution is 2.38. The molecule has 1 fully saturated rings. The van der Waals surface area contributed by atoms with Gasteiger partial charge >= 0.3 is 6.03 Å². The number of aliphatic hydroxyl groups excluding tert-OH is 1. The standard InChI is InChI=1S/C27H29N5O4/c1-16(2)35-24-11-8-17(13-18(24)14-28)26-30-25(31-36-26)22-7-3-6-21-20(22)9-10-23(21)29-27(34)32-12-4-5-19(33)15-32/h3,6-8,11,13,16,19,23,33H,4-5,9-10,12,15H2,1-2H3,(H,29,34)/t19-,23+/m0/s1. The normalized spacial score (nSPS) is 19.1. The van der Waals surface area contributed by atoms with Crippen molar-refractivity contribution >= 4 is 6.03 Å². The zero-order valence-corrected chi connectivity index (χ0v) is 20.4. The summed E-state index contributed by atoms with van der Waals surface area (Å²) in [7, 11) is 0. The lowest BCUT2D eigenvalue weighted by atomic mass is 10.0. The maximum absolute atomic E-state index is 12.8. The summed E-state index contributed by atoms with van der Waals surface area (Å²) < 4.78 is 11.3. The number of rotatable bonds is 5. The molecule has 2 heterocycles. The number of aliphatic hydroxyl groups is 1. The molecule has 2 aromatic carbocycles. The summed E-state index contributed by atoms with van der Waals surface area (Å²) in [6, 6.07) is 13.1. The van der Waals surface area contributed by atoms with Crippen molar-refractivity contribution in [3.05, 3.63) is 53.1 Å². The topological polar surface area (TPSA) is 125 Å². The maximum Gasteiger partial charge on any atom is 0.317 e. The summed E-state index contributed by atoms with van der Waals surface area (Å²) in [6.07, 6.45) is 2.61. The minimum Gasteiger partial charge on any atom is -0.490 e. The van der Waals surface area contributed by atoms with Gasteiger partial charge in [0.1, 0.15) is 11.8 Å². The quantitative estimate of drug-likeness (QED) is 0.552. The van der Waals surface area contributed by atoms with Gasteiger partial charge in [-0.2, -0.15) is 10.2 Å². The Morgan fingerprint density at radius 2 is 2.17 bits per heavy atom. The summed E-state index contributed by atoms with van der Waals surface area (Å²) in [6.45, 7) is 4.85. The Kier molecular flexibility index (Phi) is 6.61. The lowest BCUT2D eigenvalue weighted by Crippen LogP contribution is -2.47. The van der Waals surface area contributed by atoms with Crippen molar-refractivity contribution < 1.29 is 19.2 Å². The summed E-state index contributed by atoms with van der Waals surface area (Å²) in [5, 5.41) is 26.8. The van der Waals surface area contributed by atoms with Gasteiger partial charge in [-0.15, -0.1) is 0 Å². The minimum atomic E-state index is -0.456. The molecule has 5 rings (SSSR count). The molecule has 186 valence electrons. The molecule has 2 amide bonds. The first-order valence-electron chi connectivity index (χ1n) is 12.3. The van der Waals surface area contributed by atoms with Gasteiger partial charge in [-0.25, -0.2) is 4.79 Å². The number of nitrogens with zero attached hydrogens (tertiary/aromatic N) is 4. The smallest absolute Gasteiger partial charge is 0.317 e. The van der Waals surface area contributed by atoms with E-state index in [1.807, 2.05) is 32.0 Å². The molecular formula is C27H29N5O4. The second-order valence-electron chi connectivity index (χ2n) is 9.57. The zero-order valence-electron chi connectivity index (χ0n) is 20.4. The number of urea groups is 1. The molecule has 2 aliphatic rings. The van der Waals surface area contributed by atoms with Crippen molar-refractivity contribution in [2.24, 2.45) is 0 Å². The van der Waals surface area contributed by atoms with E-state index in [0.717, 1.165) is 42.4 Å². The molecule has 0 bridgehead atoms. The number of amides is 2. The number of fused-ring (bicyclic) bond motifs is 1. The van der Waals surface area contributed by atoms with Gasteiger partial charge in [0.15, 0.2) is 0 Å². The summed E-state index contributed by atoms with van der Waals surface area (Å²) >= 11 is 0. The van der Waals surface area contributed by atoms with E-state index in [4.69, 9.17) is 9.26 Å². The van der Waals surface area contributed by atoms with Crippen LogP contribution in [0.3, 0.4) is 0 Å². The average Bonchev–Trinajstić information content (AvgIpc) is 3.52. The number of benzene rings is 2. The van der Waals surface area contributed by atoms with Gasteiger partial charge in [-0.05, 0) is 68.9 Å². The monoisotopic (exact) mass is 487 g/mol. The van der Waals surface area contributed by atoms with Crippen molar-refractivity contribution in [1.82, 2.24) is 20.4 Å². The van der Waals surface area contributed by atoms with Crippen molar-refractivity contribution in [2.75, 3.05) is 13.1 Å². The molecule has 3 aromatic rings. The van der Waals surface area contributed by atoms with Gasteiger partial charge < -0.3 is 24.6 Å². The number of ether oxygens (including phenoxy) is 1. The van der Waals surface area contributed by atoms with Crippen LogP contribution in [0, 0.1) is 11.3 Å². The lowest BCUT2D eigenvalue weighted by Gasteiger charge is -2.31. The first kappa shape index (κ1) is 23.8. The fourth-order valence-electron chi connectivity index (χ4n) is 4.95. The van der Waals surface area contributed by atoms with Crippen molar-refractivity contribution in [2.45, 2.75) is 57.8 Å². The fourth-order valence-corrected chi connectivity index (χ4v) is 4.95. The molecule has 1 saturated heterocycles. The van der Waals surface area contributed by atoms with E-state index in [1.54, 1.807) is 23.1 Å². The first-order valence-corrected chi connectivity index (χ1v) is 12.3. The third-order valence-electron chi connectivity index (χ3n) is 6.63. The predicted octanol–water partition coefficient (Wildman–Crippen LogP) is 4.22. The predicted molar refractivity (Wildman–Crippen MR) is 132 cm³/mol. The number of carbonyl (C=O) groups is 1. The fraction of sp³-hybridized carbons (Fsp3) is 0.407. The second kappa shape index (κ2) is 9.99. The number of carbonyl (C=O) groups excluding carboxylic acids is 1. The van der Waals surface area contributed by atoms with Crippen molar-refractivity contribution in [1.29, 1.82) is 5.26 Å². The summed E-state index contributed by atoms with van der Waals surface area (Å²) in [5.74, 6) is 1.31. The highest BCUT2D eigenvalue weighted by Gasteiger charge is 2.30. The Morgan fingerprint density at radius 1 is 1.31 bits per heavy atom. The lowest BCUT2D eigenvalue weighted by molar-refractivity contribution is 0.0833. The Hall–Kier alpha value is -3.90. The number of β-amino-alcohol motifs (C(OH)–C–C–N with tert-alkyl or cyclic N) is 1. The molecule has 36 heavy (non-hydrogen) atoms. The highest BCUT2D eigenvalue weighted by molar-refractivity contribution is 5.76. The number of aromatic nitrogens is 2. The summed E-state index contributed by atoms with van der Waals surface area (Å²) in [4.78, 5) is 19.1. The summed E-state index contributed by atoms with van der Waals surface area (Å²) in [5.41, 5.74) is 4.05. The molecule has 0 unspecified atom stereocenters. The minimum absolute atomic E-state index is 0.0433. The number of nitriles is 1. The second-order valence-corrected chi connectivity index (χ2v) is 9.57. The molecule has 0 radical (unpaired) electrons. The number of nitrogens with one attached hydrogen (secondary N) is 1. The van der Waals surface area contributed by atoms with E-state index < -0.39 is 6.10 Å². The zero-order chi connectivity index (χ0) is 25.2. The Balaban J connectivity index is 1.36. The van der Waals surface area contributed by atoms with Gasteiger partial charge in [0.25, 0.3) is 5.89 Å². The van der Waals surface area contributed by atoms with E-state index >= 15 is 0 Å². The van der Waals surface area contributed by atoms with Gasteiger partial charge in [-0.1, -0.05) is 23.4 Å². The van der Waals surface area contributed by atoms with Gasteiger partial charge in [-0.3, -0.25) is 0 Å². The third kappa shape index (κ3) is 4.77. The maximum atomic E-state index is 12.8. The average molecular weight is 488 g/mol. The van der Waals surface area contributed by atoms with Crippen LogP contribution in [0.2, 0.25) is 0 Å². The Morgan fingerprint density at radius 3 is 2.94 bits per heavy atom. The van der Waals surface area contributed by atoms with Crippen LogP contribution in [-0.2, 0) is 6.42 Å². The molecule has 0 saturated carbocycles. The number of piperidine rings is 1. The molecule has 9 nitrogen and oxygen atoms in total. The van der Waals surface area contributed by atoms with Crippen LogP contribution in [0.15, 0.2) is 40.9 Å². The van der Waals surface area contributed by atoms with Crippen LogP contribution in [-0.4, -0.2) is 51.5 Å². The van der Waals surface area contributed by atoms with E-state index in [-0.39, 0.29) is 18.2 Å². The van der Waals surface area contributed by atoms with E-state index in [2.05, 4.69) is 21.5 Å². The number of hydrogen-bond acceptors (Lipinski definition) is 7. The molecule has 1 aliphatic heterocycles. The third-order valence-corrected chi connectivity index (χ3v) is 6.63. The SMILES string of the molecule is CC(C)Oc1ccc(-c2nc(-c3cccc4c3CC[C@H]4NC(=O)N3CCC[C@H](O)C3)no2)cc1C#N. The number of likely N-dealkylation sites (tertiary alicyclic amines) is 1. The molecule has 2 N–H and O–H groups in total. The molecule has 9 heteroatoms. The molecule has 1 aromatic heterocycles.